The number of benzene rings is 1. The SMILES string of the molecule is Cc1ccc(OCCC(=O)Nc2cc(C(C)(C)C)nn2-c2ncccn2)c(C)c1. The summed E-state index contributed by atoms with van der Waals surface area (Å²) in [4.78, 5) is 21.0. The van der Waals surface area contributed by atoms with Crippen LogP contribution in [-0.2, 0) is 10.2 Å². The smallest absolute Gasteiger partial charge is 0.252 e. The molecule has 1 N–H and O–H groups in total. The molecule has 7 heteroatoms. The van der Waals surface area contributed by atoms with E-state index in [1.807, 2.05) is 32.0 Å². The van der Waals surface area contributed by atoms with Crippen LogP contribution >= 0.6 is 0 Å². The lowest BCUT2D eigenvalue weighted by atomic mass is 9.92. The zero-order chi connectivity index (χ0) is 21.0. The van der Waals surface area contributed by atoms with Crippen LogP contribution in [0.5, 0.6) is 5.75 Å². The first-order valence-corrected chi connectivity index (χ1v) is 9.62. The Hall–Kier alpha value is -3.22. The first kappa shape index (κ1) is 20.5. The fourth-order valence-electron chi connectivity index (χ4n) is 2.81. The monoisotopic (exact) mass is 393 g/mol. The van der Waals surface area contributed by atoms with Crippen LogP contribution in [0.1, 0.15) is 44.0 Å². The Morgan fingerprint density at radius 1 is 1.14 bits per heavy atom. The van der Waals surface area contributed by atoms with Gasteiger partial charge in [-0.15, -0.1) is 0 Å². The summed E-state index contributed by atoms with van der Waals surface area (Å²) in [6, 6.07) is 9.58. The summed E-state index contributed by atoms with van der Waals surface area (Å²) in [5, 5.41) is 7.51. The molecule has 0 spiro atoms. The molecular formula is C22H27N5O2. The highest BCUT2D eigenvalue weighted by atomic mass is 16.5. The number of carbonyl (C=O) groups is 1. The minimum absolute atomic E-state index is 0.160. The second-order valence-corrected chi connectivity index (χ2v) is 8.04. The van der Waals surface area contributed by atoms with Gasteiger partial charge in [0.1, 0.15) is 11.6 Å². The number of aromatic nitrogens is 4. The van der Waals surface area contributed by atoms with Crippen molar-refractivity contribution in [2.75, 3.05) is 11.9 Å². The van der Waals surface area contributed by atoms with Crippen LogP contribution in [-0.4, -0.2) is 32.3 Å². The second kappa shape index (κ2) is 8.43. The first-order chi connectivity index (χ1) is 13.7. The number of nitrogens with one attached hydrogen (secondary N) is 1. The maximum atomic E-state index is 12.5. The first-order valence-electron chi connectivity index (χ1n) is 9.62. The Kier molecular flexibility index (Phi) is 5.96. The van der Waals surface area contributed by atoms with Crippen molar-refractivity contribution in [3.63, 3.8) is 0 Å². The van der Waals surface area contributed by atoms with E-state index in [-0.39, 0.29) is 24.3 Å². The van der Waals surface area contributed by atoms with Crippen molar-refractivity contribution >= 4 is 11.7 Å². The minimum atomic E-state index is -0.175. The maximum Gasteiger partial charge on any atom is 0.252 e. The van der Waals surface area contributed by atoms with E-state index in [1.54, 1.807) is 23.1 Å². The van der Waals surface area contributed by atoms with Crippen LogP contribution in [0.25, 0.3) is 5.95 Å². The quantitative estimate of drug-likeness (QED) is 0.685. The number of nitrogens with zero attached hydrogens (tertiary/aromatic N) is 4. The third-order valence-electron chi connectivity index (χ3n) is 4.40. The van der Waals surface area contributed by atoms with Gasteiger partial charge in [-0.2, -0.15) is 9.78 Å². The normalized spacial score (nSPS) is 11.3. The fraction of sp³-hybridized carbons (Fsp3) is 0.364. The number of hydrogen-bond donors (Lipinski definition) is 1. The molecule has 0 fully saturated rings. The van der Waals surface area contributed by atoms with Gasteiger partial charge in [-0.1, -0.05) is 38.5 Å². The summed E-state index contributed by atoms with van der Waals surface area (Å²) >= 11 is 0. The summed E-state index contributed by atoms with van der Waals surface area (Å²) in [6.07, 6.45) is 3.51. The molecule has 0 saturated carbocycles. The molecule has 3 aromatic rings. The van der Waals surface area contributed by atoms with Crippen LogP contribution in [0.4, 0.5) is 5.82 Å². The average Bonchev–Trinajstić information content (AvgIpc) is 3.08. The molecule has 29 heavy (non-hydrogen) atoms. The van der Waals surface area contributed by atoms with E-state index >= 15 is 0 Å². The fourth-order valence-corrected chi connectivity index (χ4v) is 2.81. The zero-order valence-corrected chi connectivity index (χ0v) is 17.6. The molecule has 152 valence electrons. The summed E-state index contributed by atoms with van der Waals surface area (Å²) < 4.78 is 7.33. The second-order valence-electron chi connectivity index (χ2n) is 8.04. The third-order valence-corrected chi connectivity index (χ3v) is 4.40. The Labute approximate surface area is 171 Å². The molecule has 0 aliphatic rings. The summed E-state index contributed by atoms with van der Waals surface area (Å²) in [5.74, 6) is 1.58. The Bertz CT molecular complexity index is 990. The van der Waals surface area contributed by atoms with E-state index in [4.69, 9.17) is 4.74 Å². The van der Waals surface area contributed by atoms with Gasteiger partial charge in [-0.05, 0) is 31.5 Å². The van der Waals surface area contributed by atoms with E-state index in [9.17, 15) is 4.79 Å². The van der Waals surface area contributed by atoms with Crippen LogP contribution < -0.4 is 10.1 Å². The van der Waals surface area contributed by atoms with Gasteiger partial charge in [0.25, 0.3) is 5.95 Å². The molecule has 0 saturated heterocycles. The van der Waals surface area contributed by atoms with Crippen molar-refractivity contribution in [2.24, 2.45) is 0 Å². The predicted molar refractivity (Wildman–Crippen MR) is 113 cm³/mol. The number of amides is 1. The van der Waals surface area contributed by atoms with Gasteiger partial charge in [0.2, 0.25) is 5.91 Å². The molecule has 2 heterocycles. The highest BCUT2D eigenvalue weighted by Gasteiger charge is 2.22. The molecule has 1 amide bonds. The van der Waals surface area contributed by atoms with E-state index in [0.717, 1.165) is 17.0 Å². The van der Waals surface area contributed by atoms with Gasteiger partial charge < -0.3 is 10.1 Å². The molecule has 0 aliphatic heterocycles. The van der Waals surface area contributed by atoms with Crippen molar-refractivity contribution in [3.05, 3.63) is 59.5 Å². The standard InChI is InChI=1S/C22H27N5O2/c1-15-7-8-17(16(2)13-15)29-12-9-20(28)25-19-14-18(22(3,4)5)26-27(19)21-23-10-6-11-24-21/h6-8,10-11,13-14H,9,12H2,1-5H3,(H,25,28). The molecule has 3 rings (SSSR count). The van der Waals surface area contributed by atoms with Gasteiger partial charge >= 0.3 is 0 Å². The molecular weight excluding hydrogens is 366 g/mol. The van der Waals surface area contributed by atoms with Gasteiger partial charge in [-0.3, -0.25) is 4.79 Å². The summed E-state index contributed by atoms with van der Waals surface area (Å²) in [7, 11) is 0. The van der Waals surface area contributed by atoms with Crippen molar-refractivity contribution in [2.45, 2.75) is 46.5 Å². The summed E-state index contributed by atoms with van der Waals surface area (Å²) in [5.41, 5.74) is 2.90. The maximum absolute atomic E-state index is 12.5. The number of carbonyl (C=O) groups excluding carboxylic acids is 1. The Morgan fingerprint density at radius 2 is 1.86 bits per heavy atom. The topological polar surface area (TPSA) is 81.9 Å². The Balaban J connectivity index is 1.70. The van der Waals surface area contributed by atoms with E-state index in [2.05, 4.69) is 47.2 Å². The average molecular weight is 393 g/mol. The van der Waals surface area contributed by atoms with E-state index in [1.165, 1.54) is 5.56 Å². The number of ether oxygens (including phenoxy) is 1. The van der Waals surface area contributed by atoms with E-state index in [0.29, 0.717) is 11.8 Å². The molecule has 0 unspecified atom stereocenters. The lowest BCUT2D eigenvalue weighted by Gasteiger charge is -2.13. The number of hydrogen-bond acceptors (Lipinski definition) is 5. The number of aryl methyl sites for hydroxylation is 2. The van der Waals surface area contributed by atoms with E-state index < -0.39 is 0 Å². The highest BCUT2D eigenvalue weighted by molar-refractivity contribution is 5.90. The molecule has 0 bridgehead atoms. The highest BCUT2D eigenvalue weighted by Crippen LogP contribution is 2.25. The van der Waals surface area contributed by atoms with Crippen molar-refractivity contribution in [1.82, 2.24) is 19.7 Å². The van der Waals surface area contributed by atoms with Gasteiger partial charge in [0.15, 0.2) is 0 Å². The molecule has 2 aromatic heterocycles. The van der Waals surface area contributed by atoms with Crippen molar-refractivity contribution < 1.29 is 9.53 Å². The third kappa shape index (κ3) is 5.19. The largest absolute Gasteiger partial charge is 0.493 e. The molecule has 0 aliphatic carbocycles. The van der Waals surface area contributed by atoms with Gasteiger partial charge in [0.05, 0.1) is 18.7 Å². The molecule has 7 nitrogen and oxygen atoms in total. The van der Waals surface area contributed by atoms with Crippen LogP contribution in [0, 0.1) is 13.8 Å². The minimum Gasteiger partial charge on any atom is -0.493 e. The molecule has 0 atom stereocenters. The Morgan fingerprint density at radius 3 is 2.52 bits per heavy atom. The van der Waals surface area contributed by atoms with Gasteiger partial charge in [-0.25, -0.2) is 9.97 Å². The summed E-state index contributed by atoms with van der Waals surface area (Å²) in [6.45, 7) is 10.5. The number of rotatable bonds is 6. The molecule has 1 aromatic carbocycles. The van der Waals surface area contributed by atoms with Crippen LogP contribution in [0.2, 0.25) is 0 Å². The predicted octanol–water partition coefficient (Wildman–Crippen LogP) is 3.98. The lowest BCUT2D eigenvalue weighted by Crippen LogP contribution is -2.18. The lowest BCUT2D eigenvalue weighted by molar-refractivity contribution is -0.116. The van der Waals surface area contributed by atoms with Crippen LogP contribution in [0.15, 0.2) is 42.7 Å². The molecule has 0 radical (unpaired) electrons. The van der Waals surface area contributed by atoms with Gasteiger partial charge in [0, 0.05) is 23.9 Å². The number of anilines is 1. The van der Waals surface area contributed by atoms with Crippen LogP contribution in [0.3, 0.4) is 0 Å². The van der Waals surface area contributed by atoms with Crippen molar-refractivity contribution in [1.29, 1.82) is 0 Å². The zero-order valence-electron chi connectivity index (χ0n) is 17.6. The van der Waals surface area contributed by atoms with Crippen molar-refractivity contribution in [3.8, 4) is 11.7 Å².